The van der Waals surface area contributed by atoms with Crippen molar-refractivity contribution in [3.05, 3.63) is 59.7 Å². The second kappa shape index (κ2) is 6.32. The zero-order valence-corrected chi connectivity index (χ0v) is 12.7. The zero-order valence-electron chi connectivity index (χ0n) is 12.7. The van der Waals surface area contributed by atoms with Gasteiger partial charge in [0.05, 0.1) is 5.56 Å². The van der Waals surface area contributed by atoms with Crippen LogP contribution in [0.4, 0.5) is 4.39 Å². The fourth-order valence-electron chi connectivity index (χ4n) is 2.80. The van der Waals surface area contributed by atoms with Crippen LogP contribution in [0.3, 0.4) is 0 Å². The number of carbonyl (C=O) groups excluding carboxylic acids is 1. The van der Waals surface area contributed by atoms with Crippen LogP contribution in [0, 0.1) is 5.82 Å². The lowest BCUT2D eigenvalue weighted by molar-refractivity contribution is 0.0621. The van der Waals surface area contributed by atoms with Crippen LogP contribution in [0.25, 0.3) is 0 Å². The van der Waals surface area contributed by atoms with Crippen LogP contribution < -0.4 is 0 Å². The number of amides is 1. The number of halogens is 1. The van der Waals surface area contributed by atoms with E-state index in [2.05, 4.69) is 15.5 Å². The molecule has 1 aliphatic heterocycles. The van der Waals surface area contributed by atoms with Crippen LogP contribution in [-0.4, -0.2) is 46.5 Å². The van der Waals surface area contributed by atoms with E-state index >= 15 is 0 Å². The average Bonchev–Trinajstić information content (AvgIpc) is 2.93. The van der Waals surface area contributed by atoms with Crippen molar-refractivity contribution in [3.63, 3.8) is 0 Å². The van der Waals surface area contributed by atoms with Gasteiger partial charge in [0.25, 0.3) is 5.91 Å². The first-order valence-corrected chi connectivity index (χ1v) is 7.51. The first-order chi connectivity index (χ1) is 10.6. The average molecular weight is 301 g/mol. The molecule has 0 unspecified atom stereocenters. The molecule has 2 aromatic rings. The molecule has 1 aliphatic rings. The minimum Gasteiger partial charge on any atom is -0.353 e. The lowest BCUT2D eigenvalue weighted by Gasteiger charge is -2.34. The smallest absolute Gasteiger partial charge is 0.256 e. The van der Waals surface area contributed by atoms with E-state index in [1.165, 1.54) is 11.8 Å². The van der Waals surface area contributed by atoms with Gasteiger partial charge in [0, 0.05) is 51.7 Å². The van der Waals surface area contributed by atoms with E-state index in [-0.39, 0.29) is 11.5 Å². The third kappa shape index (κ3) is 3.04. The molecule has 0 radical (unpaired) electrons. The monoisotopic (exact) mass is 301 g/mol. The van der Waals surface area contributed by atoms with Crippen molar-refractivity contribution in [3.8, 4) is 0 Å². The van der Waals surface area contributed by atoms with Gasteiger partial charge in [0.1, 0.15) is 5.82 Å². The topological polar surface area (TPSA) is 28.5 Å². The Morgan fingerprint density at radius 2 is 1.82 bits per heavy atom. The van der Waals surface area contributed by atoms with Gasteiger partial charge in [-0.25, -0.2) is 4.39 Å². The van der Waals surface area contributed by atoms with Crippen LogP contribution in [0.1, 0.15) is 16.1 Å². The van der Waals surface area contributed by atoms with Crippen molar-refractivity contribution >= 4 is 5.91 Å². The number of carbonyl (C=O) groups is 1. The first kappa shape index (κ1) is 14.8. The summed E-state index contributed by atoms with van der Waals surface area (Å²) in [5, 5.41) is 0. The van der Waals surface area contributed by atoms with Crippen molar-refractivity contribution in [2.75, 3.05) is 26.2 Å². The van der Waals surface area contributed by atoms with E-state index < -0.39 is 5.82 Å². The van der Waals surface area contributed by atoms with Crippen molar-refractivity contribution in [1.82, 2.24) is 14.4 Å². The molecule has 116 valence electrons. The summed E-state index contributed by atoms with van der Waals surface area (Å²) in [6.45, 7) is 3.77. The molecule has 3 rings (SSSR count). The van der Waals surface area contributed by atoms with Crippen LogP contribution in [0.15, 0.2) is 42.6 Å². The van der Waals surface area contributed by atoms with Gasteiger partial charge < -0.3 is 9.47 Å². The molecule has 0 N–H and O–H groups in total. The molecule has 5 heteroatoms. The largest absolute Gasteiger partial charge is 0.353 e. The van der Waals surface area contributed by atoms with E-state index in [9.17, 15) is 9.18 Å². The van der Waals surface area contributed by atoms with Gasteiger partial charge in [-0.2, -0.15) is 0 Å². The normalized spacial score (nSPS) is 16.0. The first-order valence-electron chi connectivity index (χ1n) is 7.51. The Morgan fingerprint density at radius 1 is 1.09 bits per heavy atom. The van der Waals surface area contributed by atoms with Crippen LogP contribution in [-0.2, 0) is 13.6 Å². The summed E-state index contributed by atoms with van der Waals surface area (Å²) in [6.07, 6.45) is 2.04. The van der Waals surface area contributed by atoms with Gasteiger partial charge in [-0.05, 0) is 24.3 Å². The van der Waals surface area contributed by atoms with Crippen LogP contribution >= 0.6 is 0 Å². The Balaban J connectivity index is 1.59. The third-order valence-corrected chi connectivity index (χ3v) is 4.20. The molecular weight excluding hydrogens is 281 g/mol. The van der Waals surface area contributed by atoms with Gasteiger partial charge in [0.15, 0.2) is 0 Å². The van der Waals surface area contributed by atoms with Gasteiger partial charge >= 0.3 is 0 Å². The van der Waals surface area contributed by atoms with Gasteiger partial charge in [-0.1, -0.05) is 12.1 Å². The molecule has 0 aliphatic carbocycles. The summed E-state index contributed by atoms with van der Waals surface area (Å²) >= 11 is 0. The molecule has 4 nitrogen and oxygen atoms in total. The highest BCUT2D eigenvalue weighted by Gasteiger charge is 2.24. The Labute approximate surface area is 129 Å². The number of rotatable bonds is 3. The second-order valence-corrected chi connectivity index (χ2v) is 5.66. The molecule has 1 saturated heterocycles. The minimum atomic E-state index is -0.446. The minimum absolute atomic E-state index is 0.165. The predicted molar refractivity (Wildman–Crippen MR) is 83.0 cm³/mol. The Hall–Kier alpha value is -2.14. The van der Waals surface area contributed by atoms with Gasteiger partial charge in [0.2, 0.25) is 0 Å². The van der Waals surface area contributed by atoms with Crippen molar-refractivity contribution in [2.45, 2.75) is 6.54 Å². The molecule has 0 saturated carbocycles. The highest BCUT2D eigenvalue weighted by atomic mass is 19.1. The molecular formula is C17H20FN3O. The summed E-state index contributed by atoms with van der Waals surface area (Å²) < 4.78 is 15.8. The summed E-state index contributed by atoms with van der Waals surface area (Å²) in [4.78, 5) is 16.4. The maximum absolute atomic E-state index is 13.7. The zero-order chi connectivity index (χ0) is 15.5. The Kier molecular flexibility index (Phi) is 4.24. The highest BCUT2D eigenvalue weighted by Crippen LogP contribution is 2.14. The SMILES string of the molecule is Cn1cccc1CN1CCN(C(=O)c2ccccc2F)CC1. The Bertz CT molecular complexity index is 659. The number of piperazine rings is 1. The van der Waals surface area contributed by atoms with Gasteiger partial charge in [-0.3, -0.25) is 9.69 Å². The molecule has 1 aromatic heterocycles. The quantitative estimate of drug-likeness (QED) is 0.869. The number of nitrogens with zero attached hydrogens (tertiary/aromatic N) is 3. The summed E-state index contributed by atoms with van der Waals surface area (Å²) in [7, 11) is 2.04. The lowest BCUT2D eigenvalue weighted by atomic mass is 10.1. The predicted octanol–water partition coefficient (Wildman–Crippen LogP) is 2.12. The summed E-state index contributed by atoms with van der Waals surface area (Å²) in [5.74, 6) is -0.657. The molecule has 1 amide bonds. The summed E-state index contributed by atoms with van der Waals surface area (Å²) in [6, 6.07) is 10.3. The maximum Gasteiger partial charge on any atom is 0.256 e. The molecule has 1 fully saturated rings. The molecule has 0 atom stereocenters. The number of hydrogen-bond acceptors (Lipinski definition) is 2. The molecule has 1 aromatic carbocycles. The second-order valence-electron chi connectivity index (χ2n) is 5.66. The fraction of sp³-hybridized carbons (Fsp3) is 0.353. The molecule has 22 heavy (non-hydrogen) atoms. The van der Waals surface area contributed by atoms with E-state index in [0.717, 1.165) is 19.6 Å². The van der Waals surface area contributed by atoms with E-state index in [1.807, 2.05) is 19.3 Å². The highest BCUT2D eigenvalue weighted by molar-refractivity contribution is 5.94. The van der Waals surface area contributed by atoms with Crippen molar-refractivity contribution in [1.29, 1.82) is 0 Å². The van der Waals surface area contributed by atoms with E-state index in [0.29, 0.717) is 13.1 Å². The Morgan fingerprint density at radius 3 is 2.45 bits per heavy atom. The van der Waals surface area contributed by atoms with Crippen molar-refractivity contribution < 1.29 is 9.18 Å². The molecule has 0 spiro atoms. The standard InChI is InChI=1S/C17H20FN3O/c1-19-8-4-5-14(19)13-20-9-11-21(12-10-20)17(22)15-6-2-3-7-16(15)18/h2-8H,9-13H2,1H3. The van der Waals surface area contributed by atoms with Gasteiger partial charge in [-0.15, -0.1) is 0 Å². The number of aromatic nitrogens is 1. The number of hydrogen-bond donors (Lipinski definition) is 0. The van der Waals surface area contributed by atoms with Crippen molar-refractivity contribution in [2.24, 2.45) is 7.05 Å². The van der Waals surface area contributed by atoms with Crippen LogP contribution in [0.5, 0.6) is 0 Å². The lowest BCUT2D eigenvalue weighted by Crippen LogP contribution is -2.48. The fourth-order valence-corrected chi connectivity index (χ4v) is 2.80. The molecule has 0 bridgehead atoms. The maximum atomic E-state index is 13.7. The summed E-state index contributed by atoms with van der Waals surface area (Å²) in [5.41, 5.74) is 1.42. The number of aryl methyl sites for hydroxylation is 1. The third-order valence-electron chi connectivity index (χ3n) is 4.20. The molecule has 2 heterocycles. The van der Waals surface area contributed by atoms with E-state index in [1.54, 1.807) is 23.1 Å². The number of benzene rings is 1. The van der Waals surface area contributed by atoms with E-state index in [4.69, 9.17) is 0 Å². The van der Waals surface area contributed by atoms with Crippen LogP contribution in [0.2, 0.25) is 0 Å².